The van der Waals surface area contributed by atoms with E-state index in [-0.39, 0.29) is 0 Å². The van der Waals surface area contributed by atoms with Crippen molar-refractivity contribution in [3.63, 3.8) is 0 Å². The van der Waals surface area contributed by atoms with Crippen LogP contribution in [0, 0.1) is 0 Å². The Hall–Kier alpha value is -0.370. The van der Waals surface area contributed by atoms with Crippen molar-refractivity contribution >= 4 is 28.3 Å². The highest BCUT2D eigenvalue weighted by Crippen LogP contribution is 2.24. The maximum atomic E-state index is 5.38. The van der Waals surface area contributed by atoms with E-state index in [2.05, 4.69) is 27.0 Å². The van der Waals surface area contributed by atoms with Crippen LogP contribution in [-0.2, 0) is 6.54 Å². The lowest BCUT2D eigenvalue weighted by molar-refractivity contribution is 0.252. The molecule has 0 amide bonds. The Morgan fingerprint density at radius 1 is 1.67 bits per heavy atom. The molecule has 0 aliphatic carbocycles. The summed E-state index contributed by atoms with van der Waals surface area (Å²) in [5, 5.41) is 4.94. The number of aromatic nitrogens is 2. The third-order valence-corrected chi connectivity index (χ3v) is 4.46. The molecule has 1 atom stereocenters. The van der Waals surface area contributed by atoms with E-state index in [4.69, 9.17) is 5.84 Å². The topological polar surface area (TPSA) is 67.1 Å². The molecule has 1 fully saturated rings. The lowest BCUT2D eigenvalue weighted by Gasteiger charge is -2.22. The fourth-order valence-corrected chi connectivity index (χ4v) is 3.44. The number of rotatable bonds is 4. The maximum Gasteiger partial charge on any atom is 0.148 e. The van der Waals surface area contributed by atoms with Crippen LogP contribution in [-0.4, -0.2) is 39.1 Å². The number of nitrogen functional groups attached to an aromatic ring is 1. The summed E-state index contributed by atoms with van der Waals surface area (Å²) in [5.74, 6) is 7.87. The summed E-state index contributed by atoms with van der Waals surface area (Å²) >= 11 is 3.32. The molecule has 1 saturated heterocycles. The fraction of sp³-hybridized carbons (Fsp3) is 0.750. The van der Waals surface area contributed by atoms with E-state index in [1.165, 1.54) is 29.5 Å². The highest BCUT2D eigenvalue weighted by Gasteiger charge is 2.21. The molecule has 1 unspecified atom stereocenters. The first kappa shape index (κ1) is 11.1. The molecule has 3 N–H and O–H groups in total. The number of nitrogens with two attached hydrogens (primary N) is 1. The molecular formula is C8H15N5S2. The summed E-state index contributed by atoms with van der Waals surface area (Å²) in [6.45, 7) is 0.821. The summed E-state index contributed by atoms with van der Waals surface area (Å²) in [5.41, 5.74) is 3.58. The van der Waals surface area contributed by atoms with E-state index in [1.54, 1.807) is 0 Å². The number of nitrogens with zero attached hydrogens (tertiary/aromatic N) is 3. The van der Waals surface area contributed by atoms with Crippen LogP contribution in [0.15, 0.2) is 0 Å². The number of thioether (sulfide) groups is 1. The van der Waals surface area contributed by atoms with E-state index in [0.717, 1.165) is 17.2 Å². The SMILES string of the molecule is CN(Cc1nnsc1NN)C1CCSC1. The molecule has 15 heavy (non-hydrogen) atoms. The standard InChI is InChI=1S/C8H15N5S2/c1-13(6-2-3-14-5-6)4-7-8(10-9)15-12-11-7/h6,10H,2-5,9H2,1H3. The van der Waals surface area contributed by atoms with Crippen LogP contribution < -0.4 is 11.3 Å². The zero-order chi connectivity index (χ0) is 10.7. The number of hydrogen-bond donors (Lipinski definition) is 2. The zero-order valence-corrected chi connectivity index (χ0v) is 10.3. The molecule has 1 aromatic rings. The minimum Gasteiger partial charge on any atom is -0.313 e. The largest absolute Gasteiger partial charge is 0.313 e. The summed E-state index contributed by atoms with van der Waals surface area (Å²) in [4.78, 5) is 2.33. The van der Waals surface area contributed by atoms with Gasteiger partial charge in [0, 0.05) is 29.9 Å². The molecule has 5 nitrogen and oxygen atoms in total. The second kappa shape index (κ2) is 5.11. The normalized spacial score (nSPS) is 21.1. The average molecular weight is 245 g/mol. The first-order valence-electron chi connectivity index (χ1n) is 4.87. The maximum absolute atomic E-state index is 5.38. The summed E-state index contributed by atoms with van der Waals surface area (Å²) in [6, 6.07) is 0.669. The molecule has 2 rings (SSSR count). The van der Waals surface area contributed by atoms with Crippen LogP contribution in [0.1, 0.15) is 12.1 Å². The Morgan fingerprint density at radius 2 is 2.53 bits per heavy atom. The Kier molecular flexibility index (Phi) is 3.79. The highest BCUT2D eigenvalue weighted by atomic mass is 32.2. The molecule has 0 spiro atoms. The van der Waals surface area contributed by atoms with Gasteiger partial charge in [-0.3, -0.25) is 4.90 Å². The van der Waals surface area contributed by atoms with Crippen molar-refractivity contribution in [1.82, 2.24) is 14.5 Å². The van der Waals surface area contributed by atoms with Crippen molar-refractivity contribution in [2.24, 2.45) is 5.84 Å². The fourth-order valence-electron chi connectivity index (χ4n) is 1.66. The monoisotopic (exact) mass is 245 g/mol. The minimum absolute atomic E-state index is 0.669. The van der Waals surface area contributed by atoms with Gasteiger partial charge in [0.2, 0.25) is 0 Å². The summed E-state index contributed by atoms with van der Waals surface area (Å²) in [7, 11) is 2.14. The van der Waals surface area contributed by atoms with E-state index >= 15 is 0 Å². The molecule has 0 saturated carbocycles. The third kappa shape index (κ3) is 2.60. The molecule has 1 aliphatic rings. The lowest BCUT2D eigenvalue weighted by Crippen LogP contribution is -2.31. The van der Waals surface area contributed by atoms with Gasteiger partial charge in [0.05, 0.1) is 0 Å². The smallest absolute Gasteiger partial charge is 0.148 e. The molecule has 7 heteroatoms. The Morgan fingerprint density at radius 3 is 3.20 bits per heavy atom. The second-order valence-corrected chi connectivity index (χ2v) is 5.53. The van der Waals surface area contributed by atoms with Gasteiger partial charge < -0.3 is 5.43 Å². The van der Waals surface area contributed by atoms with Crippen LogP contribution >= 0.6 is 23.3 Å². The van der Waals surface area contributed by atoms with E-state index in [1.807, 2.05) is 11.8 Å². The molecule has 1 aliphatic heterocycles. The number of anilines is 1. The van der Waals surface area contributed by atoms with Crippen molar-refractivity contribution in [3.8, 4) is 0 Å². The highest BCUT2D eigenvalue weighted by molar-refractivity contribution is 7.99. The van der Waals surface area contributed by atoms with Crippen LogP contribution in [0.4, 0.5) is 5.00 Å². The lowest BCUT2D eigenvalue weighted by atomic mass is 10.2. The molecular weight excluding hydrogens is 230 g/mol. The van der Waals surface area contributed by atoms with Gasteiger partial charge in [0.25, 0.3) is 0 Å². The Labute approximate surface area is 97.5 Å². The average Bonchev–Trinajstić information content (AvgIpc) is 2.87. The first-order chi connectivity index (χ1) is 7.31. The minimum atomic E-state index is 0.669. The van der Waals surface area contributed by atoms with Crippen molar-refractivity contribution in [2.75, 3.05) is 24.0 Å². The van der Waals surface area contributed by atoms with Gasteiger partial charge in [-0.05, 0) is 19.2 Å². The predicted octanol–water partition coefficient (Wildman–Crippen LogP) is 0.761. The van der Waals surface area contributed by atoms with Gasteiger partial charge in [0.15, 0.2) is 0 Å². The van der Waals surface area contributed by atoms with Gasteiger partial charge in [-0.2, -0.15) is 11.8 Å². The molecule has 0 bridgehead atoms. The summed E-state index contributed by atoms with van der Waals surface area (Å²) < 4.78 is 3.89. The molecule has 84 valence electrons. The van der Waals surface area contributed by atoms with Crippen molar-refractivity contribution < 1.29 is 0 Å². The van der Waals surface area contributed by atoms with E-state index in [9.17, 15) is 0 Å². The van der Waals surface area contributed by atoms with Gasteiger partial charge in [-0.1, -0.05) is 4.49 Å². The predicted molar refractivity (Wildman–Crippen MR) is 64.9 cm³/mol. The Balaban J connectivity index is 1.95. The van der Waals surface area contributed by atoms with Crippen LogP contribution in [0.5, 0.6) is 0 Å². The molecule has 0 radical (unpaired) electrons. The van der Waals surface area contributed by atoms with Gasteiger partial charge >= 0.3 is 0 Å². The van der Waals surface area contributed by atoms with Gasteiger partial charge in [-0.25, -0.2) is 5.84 Å². The van der Waals surface area contributed by atoms with Gasteiger partial charge in [-0.15, -0.1) is 5.10 Å². The van der Waals surface area contributed by atoms with E-state index < -0.39 is 0 Å². The number of nitrogens with one attached hydrogen (secondary N) is 1. The second-order valence-electron chi connectivity index (χ2n) is 3.63. The first-order valence-corrected chi connectivity index (χ1v) is 6.80. The third-order valence-electron chi connectivity index (χ3n) is 2.62. The van der Waals surface area contributed by atoms with Crippen LogP contribution in [0.25, 0.3) is 0 Å². The molecule has 1 aromatic heterocycles. The quantitative estimate of drug-likeness (QED) is 0.603. The number of hydrazine groups is 1. The van der Waals surface area contributed by atoms with Gasteiger partial charge in [0.1, 0.15) is 10.7 Å². The molecule has 0 aromatic carbocycles. The zero-order valence-electron chi connectivity index (χ0n) is 8.64. The van der Waals surface area contributed by atoms with Crippen molar-refractivity contribution in [3.05, 3.63) is 5.69 Å². The van der Waals surface area contributed by atoms with Crippen molar-refractivity contribution in [2.45, 2.75) is 19.0 Å². The number of hydrogen-bond acceptors (Lipinski definition) is 7. The van der Waals surface area contributed by atoms with Crippen LogP contribution in [0.2, 0.25) is 0 Å². The van der Waals surface area contributed by atoms with E-state index in [0.29, 0.717) is 6.04 Å². The van der Waals surface area contributed by atoms with Crippen molar-refractivity contribution in [1.29, 1.82) is 0 Å². The Bertz CT molecular complexity index is 310. The summed E-state index contributed by atoms with van der Waals surface area (Å²) in [6.07, 6.45) is 1.27. The molecule has 2 heterocycles. The van der Waals surface area contributed by atoms with Crippen LogP contribution in [0.3, 0.4) is 0 Å².